The SMILES string of the molecule is COc1cc(F)cc(CC(=O)CBr)c1. The zero-order chi connectivity index (χ0) is 10.6. The van der Waals surface area contributed by atoms with E-state index in [0.29, 0.717) is 11.3 Å². The summed E-state index contributed by atoms with van der Waals surface area (Å²) < 4.78 is 17.9. The van der Waals surface area contributed by atoms with Crippen LogP contribution in [0.2, 0.25) is 0 Å². The van der Waals surface area contributed by atoms with Crippen LogP contribution in [0.15, 0.2) is 18.2 Å². The van der Waals surface area contributed by atoms with Crippen molar-refractivity contribution in [1.82, 2.24) is 0 Å². The molecule has 0 aliphatic heterocycles. The fourth-order valence-electron chi connectivity index (χ4n) is 1.12. The minimum Gasteiger partial charge on any atom is -0.497 e. The van der Waals surface area contributed by atoms with E-state index in [1.54, 1.807) is 6.07 Å². The van der Waals surface area contributed by atoms with E-state index < -0.39 is 0 Å². The van der Waals surface area contributed by atoms with Gasteiger partial charge in [0.2, 0.25) is 0 Å². The van der Waals surface area contributed by atoms with E-state index in [-0.39, 0.29) is 23.4 Å². The first-order chi connectivity index (χ1) is 6.65. The molecule has 0 heterocycles. The van der Waals surface area contributed by atoms with E-state index in [4.69, 9.17) is 4.74 Å². The summed E-state index contributed by atoms with van der Waals surface area (Å²) in [5.41, 5.74) is 0.631. The molecular weight excluding hydrogens is 251 g/mol. The maximum Gasteiger partial charge on any atom is 0.147 e. The molecule has 76 valence electrons. The highest BCUT2D eigenvalue weighted by atomic mass is 79.9. The van der Waals surface area contributed by atoms with Gasteiger partial charge in [0.25, 0.3) is 0 Å². The largest absolute Gasteiger partial charge is 0.497 e. The summed E-state index contributed by atoms with van der Waals surface area (Å²) in [6, 6.07) is 4.27. The smallest absolute Gasteiger partial charge is 0.147 e. The molecule has 0 spiro atoms. The van der Waals surface area contributed by atoms with E-state index >= 15 is 0 Å². The van der Waals surface area contributed by atoms with Crippen LogP contribution in [0.4, 0.5) is 4.39 Å². The number of methoxy groups -OCH3 is 1. The number of alkyl halides is 1. The van der Waals surface area contributed by atoms with Crippen LogP contribution >= 0.6 is 15.9 Å². The maximum atomic E-state index is 13.0. The van der Waals surface area contributed by atoms with Crippen molar-refractivity contribution in [1.29, 1.82) is 0 Å². The van der Waals surface area contributed by atoms with Crippen LogP contribution < -0.4 is 4.74 Å². The number of halogens is 2. The lowest BCUT2D eigenvalue weighted by atomic mass is 10.1. The van der Waals surface area contributed by atoms with Crippen molar-refractivity contribution in [3.63, 3.8) is 0 Å². The van der Waals surface area contributed by atoms with Gasteiger partial charge in [0.05, 0.1) is 12.4 Å². The Morgan fingerprint density at radius 3 is 2.79 bits per heavy atom. The first-order valence-electron chi connectivity index (χ1n) is 4.07. The van der Waals surface area contributed by atoms with Gasteiger partial charge < -0.3 is 4.74 Å². The molecule has 0 aromatic heterocycles. The highest BCUT2D eigenvalue weighted by molar-refractivity contribution is 9.09. The molecule has 0 N–H and O–H groups in total. The summed E-state index contributed by atoms with van der Waals surface area (Å²) in [5.74, 6) is 0.0572. The molecule has 0 atom stereocenters. The molecule has 0 aliphatic carbocycles. The van der Waals surface area contributed by atoms with E-state index in [1.807, 2.05) is 0 Å². The van der Waals surface area contributed by atoms with Gasteiger partial charge in [-0.15, -0.1) is 0 Å². The Morgan fingerprint density at radius 1 is 1.50 bits per heavy atom. The fourth-order valence-corrected chi connectivity index (χ4v) is 1.31. The van der Waals surface area contributed by atoms with Gasteiger partial charge in [-0.25, -0.2) is 4.39 Å². The molecule has 4 heteroatoms. The molecule has 2 nitrogen and oxygen atoms in total. The number of ketones is 1. The van der Waals surface area contributed by atoms with Crippen molar-refractivity contribution >= 4 is 21.7 Å². The van der Waals surface area contributed by atoms with Crippen LogP contribution in [0.3, 0.4) is 0 Å². The van der Waals surface area contributed by atoms with E-state index in [2.05, 4.69) is 15.9 Å². The summed E-state index contributed by atoms with van der Waals surface area (Å²) in [6.45, 7) is 0. The van der Waals surface area contributed by atoms with E-state index in [1.165, 1.54) is 19.2 Å². The first kappa shape index (κ1) is 11.2. The zero-order valence-electron chi connectivity index (χ0n) is 7.72. The van der Waals surface area contributed by atoms with Crippen molar-refractivity contribution in [2.45, 2.75) is 6.42 Å². The number of rotatable bonds is 4. The van der Waals surface area contributed by atoms with Crippen LogP contribution in [0, 0.1) is 5.82 Å². The first-order valence-corrected chi connectivity index (χ1v) is 5.19. The number of hydrogen-bond donors (Lipinski definition) is 0. The van der Waals surface area contributed by atoms with Crippen molar-refractivity contribution in [2.75, 3.05) is 12.4 Å². The standard InChI is InChI=1S/C10H10BrFO2/c1-14-10-4-7(2-8(12)5-10)3-9(13)6-11/h2,4-5H,3,6H2,1H3. The molecule has 0 bridgehead atoms. The average Bonchev–Trinajstić information content (AvgIpc) is 2.16. The van der Waals surface area contributed by atoms with Crippen LogP contribution in [0.25, 0.3) is 0 Å². The lowest BCUT2D eigenvalue weighted by Gasteiger charge is -2.03. The Morgan fingerprint density at radius 2 is 2.21 bits per heavy atom. The minimum absolute atomic E-state index is 0.0117. The monoisotopic (exact) mass is 260 g/mol. The number of ether oxygens (including phenoxy) is 1. The Hall–Kier alpha value is -0.900. The molecule has 0 unspecified atom stereocenters. The summed E-state index contributed by atoms with van der Waals surface area (Å²) in [5, 5.41) is 0.284. The van der Waals surface area contributed by atoms with Crippen molar-refractivity contribution in [3.05, 3.63) is 29.6 Å². The summed E-state index contributed by atoms with van der Waals surface area (Å²) in [7, 11) is 1.46. The molecule has 0 aliphatic rings. The second-order valence-electron chi connectivity index (χ2n) is 2.85. The lowest BCUT2D eigenvalue weighted by Crippen LogP contribution is -2.03. The Balaban J connectivity index is 2.86. The van der Waals surface area contributed by atoms with Crippen LogP contribution in [-0.2, 0) is 11.2 Å². The van der Waals surface area contributed by atoms with Gasteiger partial charge in [-0.05, 0) is 17.7 Å². The highest BCUT2D eigenvalue weighted by Gasteiger charge is 2.05. The highest BCUT2D eigenvalue weighted by Crippen LogP contribution is 2.16. The summed E-state index contributed by atoms with van der Waals surface area (Å²) in [4.78, 5) is 11.1. The van der Waals surface area contributed by atoms with Gasteiger partial charge in [-0.3, -0.25) is 4.79 Å². The molecule has 14 heavy (non-hydrogen) atoms. The van der Waals surface area contributed by atoms with Gasteiger partial charge in [0.1, 0.15) is 17.3 Å². The van der Waals surface area contributed by atoms with Gasteiger partial charge in [-0.2, -0.15) is 0 Å². The van der Waals surface area contributed by atoms with E-state index in [9.17, 15) is 9.18 Å². The molecule has 1 rings (SSSR count). The Kier molecular flexibility index (Phi) is 4.07. The van der Waals surface area contributed by atoms with Gasteiger partial charge in [-0.1, -0.05) is 15.9 Å². The molecule has 0 amide bonds. The molecule has 0 saturated heterocycles. The molecule has 1 aromatic rings. The van der Waals surface area contributed by atoms with Gasteiger partial charge in [0, 0.05) is 12.5 Å². The number of carbonyl (C=O) groups is 1. The van der Waals surface area contributed by atoms with Crippen LogP contribution in [0.5, 0.6) is 5.75 Å². The number of Topliss-reactive ketones (excluding diaryl/α,β-unsaturated/α-hetero) is 1. The average molecular weight is 261 g/mol. The third-order valence-corrected chi connectivity index (χ3v) is 2.34. The second-order valence-corrected chi connectivity index (χ2v) is 3.41. The zero-order valence-corrected chi connectivity index (χ0v) is 9.30. The molecule has 0 fully saturated rings. The third kappa shape index (κ3) is 3.10. The molecular formula is C10H10BrFO2. The maximum absolute atomic E-state index is 13.0. The number of carbonyl (C=O) groups excluding carboxylic acids is 1. The summed E-state index contributed by atoms with van der Waals surface area (Å²) >= 11 is 3.05. The van der Waals surface area contributed by atoms with Crippen LogP contribution in [-0.4, -0.2) is 18.2 Å². The topological polar surface area (TPSA) is 26.3 Å². The quantitative estimate of drug-likeness (QED) is 0.777. The predicted octanol–water partition coefficient (Wildman–Crippen LogP) is 2.34. The number of hydrogen-bond acceptors (Lipinski definition) is 2. The Labute approximate surface area is 90.2 Å². The molecule has 0 radical (unpaired) electrons. The second kappa shape index (κ2) is 5.10. The van der Waals surface area contributed by atoms with Gasteiger partial charge >= 0.3 is 0 Å². The molecule has 1 aromatic carbocycles. The molecule has 0 saturated carbocycles. The lowest BCUT2D eigenvalue weighted by molar-refractivity contribution is -0.115. The van der Waals surface area contributed by atoms with E-state index in [0.717, 1.165) is 0 Å². The Bertz CT molecular complexity index is 339. The van der Waals surface area contributed by atoms with Crippen molar-refractivity contribution in [2.24, 2.45) is 0 Å². The number of benzene rings is 1. The van der Waals surface area contributed by atoms with Gasteiger partial charge in [0.15, 0.2) is 0 Å². The fraction of sp³-hybridized carbons (Fsp3) is 0.300. The minimum atomic E-state index is -0.387. The predicted molar refractivity (Wildman–Crippen MR) is 55.5 cm³/mol. The third-order valence-electron chi connectivity index (χ3n) is 1.72. The van der Waals surface area contributed by atoms with Crippen molar-refractivity contribution < 1.29 is 13.9 Å². The normalized spacial score (nSPS) is 9.93. The summed E-state index contributed by atoms with van der Waals surface area (Å²) in [6.07, 6.45) is 0.222. The van der Waals surface area contributed by atoms with Crippen molar-refractivity contribution in [3.8, 4) is 5.75 Å². The van der Waals surface area contributed by atoms with Crippen LogP contribution in [0.1, 0.15) is 5.56 Å².